The maximum absolute atomic E-state index is 12.6. The molecule has 0 aliphatic rings. The Morgan fingerprint density at radius 1 is 1.14 bits per heavy atom. The Balaban J connectivity index is 1.95. The van der Waals surface area contributed by atoms with Gasteiger partial charge in [0.2, 0.25) is 0 Å². The van der Waals surface area contributed by atoms with Gasteiger partial charge in [-0.15, -0.1) is 0 Å². The number of halogens is 3. The van der Waals surface area contributed by atoms with Crippen LogP contribution in [0, 0.1) is 6.92 Å². The fraction of sp³-hybridized carbons (Fsp3) is 0.143. The van der Waals surface area contributed by atoms with Gasteiger partial charge in [-0.2, -0.15) is 13.2 Å². The van der Waals surface area contributed by atoms with E-state index in [1.807, 2.05) is 13.0 Å². The van der Waals surface area contributed by atoms with Crippen molar-refractivity contribution in [3.05, 3.63) is 47.8 Å². The zero-order valence-electron chi connectivity index (χ0n) is 10.9. The lowest BCUT2D eigenvalue weighted by Crippen LogP contribution is -2.03. The van der Waals surface area contributed by atoms with E-state index in [9.17, 15) is 13.2 Å². The third-order valence-corrected chi connectivity index (χ3v) is 2.97. The maximum atomic E-state index is 12.6. The zero-order valence-corrected chi connectivity index (χ0v) is 10.9. The predicted molar refractivity (Wildman–Crippen MR) is 71.3 cm³/mol. The Hall–Kier alpha value is -2.57. The van der Waals surface area contributed by atoms with E-state index < -0.39 is 11.7 Å². The van der Waals surface area contributed by atoms with Crippen molar-refractivity contribution >= 4 is 22.5 Å². The molecule has 2 heterocycles. The average molecular weight is 293 g/mol. The monoisotopic (exact) mass is 293 g/mol. The first-order valence-corrected chi connectivity index (χ1v) is 6.10. The molecule has 3 rings (SSSR count). The van der Waals surface area contributed by atoms with Crippen molar-refractivity contribution < 1.29 is 17.7 Å². The summed E-state index contributed by atoms with van der Waals surface area (Å²) in [6.07, 6.45) is -2.80. The van der Waals surface area contributed by atoms with E-state index >= 15 is 0 Å². The van der Waals surface area contributed by atoms with Crippen LogP contribution in [0.25, 0.3) is 11.0 Å². The molecule has 4 nitrogen and oxygen atoms in total. The third kappa shape index (κ3) is 2.67. The van der Waals surface area contributed by atoms with Gasteiger partial charge in [-0.05, 0) is 37.3 Å². The molecule has 0 saturated heterocycles. The van der Waals surface area contributed by atoms with Crippen LogP contribution in [0.5, 0.6) is 0 Å². The number of nitrogens with zero attached hydrogens (tertiary/aromatic N) is 2. The molecule has 0 atom stereocenters. The highest BCUT2D eigenvalue weighted by Crippen LogP contribution is 2.33. The second-order valence-electron chi connectivity index (χ2n) is 4.55. The number of aromatic nitrogens is 2. The van der Waals surface area contributed by atoms with Crippen LogP contribution in [-0.4, -0.2) is 10.1 Å². The first kappa shape index (κ1) is 13.4. The van der Waals surface area contributed by atoms with Crippen molar-refractivity contribution in [2.24, 2.45) is 0 Å². The van der Waals surface area contributed by atoms with E-state index in [0.29, 0.717) is 16.9 Å². The molecule has 0 bridgehead atoms. The van der Waals surface area contributed by atoms with Crippen molar-refractivity contribution in [1.29, 1.82) is 0 Å². The molecule has 0 spiro atoms. The summed E-state index contributed by atoms with van der Waals surface area (Å²) >= 11 is 0. The summed E-state index contributed by atoms with van der Waals surface area (Å²) in [7, 11) is 0. The Morgan fingerprint density at radius 2 is 1.95 bits per heavy atom. The molecule has 0 aliphatic heterocycles. The van der Waals surface area contributed by atoms with E-state index in [-0.39, 0.29) is 5.58 Å². The standard InChI is InChI=1S/C14H10F3N3O/c1-8-2-4-10(7-18-8)19-13-11-5-3-9(14(15,16)17)6-12(11)21-20-13/h2-7H,1H3,(H,19,20). The molecule has 0 fully saturated rings. The predicted octanol–water partition coefficient (Wildman–Crippen LogP) is 4.29. The molecule has 0 aliphatic carbocycles. The first-order valence-electron chi connectivity index (χ1n) is 6.10. The van der Waals surface area contributed by atoms with Crippen LogP contribution < -0.4 is 5.32 Å². The van der Waals surface area contributed by atoms with Crippen molar-refractivity contribution in [3.8, 4) is 0 Å². The van der Waals surface area contributed by atoms with Gasteiger partial charge in [0.1, 0.15) is 0 Å². The SMILES string of the molecule is Cc1ccc(Nc2noc3cc(C(F)(F)F)ccc23)cn1. The van der Waals surface area contributed by atoms with E-state index in [1.54, 1.807) is 12.3 Å². The minimum Gasteiger partial charge on any atom is -0.354 e. The fourth-order valence-electron chi connectivity index (χ4n) is 1.88. The Morgan fingerprint density at radius 3 is 2.62 bits per heavy atom. The number of hydrogen-bond acceptors (Lipinski definition) is 4. The highest BCUT2D eigenvalue weighted by Gasteiger charge is 2.31. The van der Waals surface area contributed by atoms with Gasteiger partial charge in [0.15, 0.2) is 11.4 Å². The Labute approximate surface area is 117 Å². The normalized spacial score (nSPS) is 11.8. The molecular weight excluding hydrogens is 283 g/mol. The number of fused-ring (bicyclic) bond motifs is 1. The molecule has 1 N–H and O–H groups in total. The van der Waals surface area contributed by atoms with Gasteiger partial charge in [0.05, 0.1) is 22.8 Å². The molecule has 1 aromatic carbocycles. The number of benzene rings is 1. The van der Waals surface area contributed by atoms with Crippen molar-refractivity contribution in [2.75, 3.05) is 5.32 Å². The molecule has 21 heavy (non-hydrogen) atoms. The molecule has 2 aromatic heterocycles. The van der Waals surface area contributed by atoms with Gasteiger partial charge in [0.25, 0.3) is 0 Å². The summed E-state index contributed by atoms with van der Waals surface area (Å²) < 4.78 is 42.8. The summed E-state index contributed by atoms with van der Waals surface area (Å²) in [5, 5.41) is 7.19. The van der Waals surface area contributed by atoms with Crippen LogP contribution in [-0.2, 0) is 6.18 Å². The minimum atomic E-state index is -4.41. The highest BCUT2D eigenvalue weighted by molar-refractivity contribution is 5.90. The fourth-order valence-corrected chi connectivity index (χ4v) is 1.88. The smallest absolute Gasteiger partial charge is 0.354 e. The van der Waals surface area contributed by atoms with E-state index in [0.717, 1.165) is 17.8 Å². The van der Waals surface area contributed by atoms with Crippen molar-refractivity contribution in [2.45, 2.75) is 13.1 Å². The molecule has 0 unspecified atom stereocenters. The third-order valence-electron chi connectivity index (χ3n) is 2.97. The zero-order chi connectivity index (χ0) is 15.0. The number of aryl methyl sites for hydroxylation is 1. The molecule has 7 heteroatoms. The summed E-state index contributed by atoms with van der Waals surface area (Å²) in [5.41, 5.74) is 0.846. The van der Waals surface area contributed by atoms with E-state index in [2.05, 4.69) is 15.5 Å². The Kier molecular flexibility index (Phi) is 3.04. The van der Waals surface area contributed by atoms with Gasteiger partial charge >= 0.3 is 6.18 Å². The quantitative estimate of drug-likeness (QED) is 0.765. The highest BCUT2D eigenvalue weighted by atomic mass is 19.4. The number of alkyl halides is 3. The number of hydrogen-bond donors (Lipinski definition) is 1. The van der Waals surface area contributed by atoms with Gasteiger partial charge in [-0.1, -0.05) is 5.16 Å². The van der Waals surface area contributed by atoms with Crippen molar-refractivity contribution in [3.63, 3.8) is 0 Å². The summed E-state index contributed by atoms with van der Waals surface area (Å²) in [4.78, 5) is 4.12. The van der Waals surface area contributed by atoms with Crippen LogP contribution in [0.4, 0.5) is 24.7 Å². The lowest BCUT2D eigenvalue weighted by atomic mass is 10.1. The van der Waals surface area contributed by atoms with Gasteiger partial charge in [-0.25, -0.2) is 0 Å². The number of anilines is 2. The van der Waals surface area contributed by atoms with E-state index in [4.69, 9.17) is 4.52 Å². The molecule has 0 amide bonds. The average Bonchev–Trinajstić information content (AvgIpc) is 2.83. The van der Waals surface area contributed by atoms with Crippen LogP contribution in [0.2, 0.25) is 0 Å². The summed E-state index contributed by atoms with van der Waals surface area (Å²) in [6, 6.07) is 6.87. The van der Waals surface area contributed by atoms with Crippen LogP contribution in [0.15, 0.2) is 41.1 Å². The van der Waals surface area contributed by atoms with Gasteiger partial charge < -0.3 is 9.84 Å². The Bertz CT molecular complexity index is 778. The van der Waals surface area contributed by atoms with Crippen LogP contribution >= 0.6 is 0 Å². The summed E-state index contributed by atoms with van der Waals surface area (Å²) in [6.45, 7) is 1.86. The summed E-state index contributed by atoms with van der Waals surface area (Å²) in [5.74, 6) is 0.351. The van der Waals surface area contributed by atoms with E-state index in [1.165, 1.54) is 6.07 Å². The first-order chi connectivity index (χ1) is 9.93. The molecular formula is C14H10F3N3O. The second kappa shape index (κ2) is 4.76. The largest absolute Gasteiger partial charge is 0.416 e. The van der Waals surface area contributed by atoms with Crippen molar-refractivity contribution in [1.82, 2.24) is 10.1 Å². The molecule has 0 radical (unpaired) electrons. The lowest BCUT2D eigenvalue weighted by Gasteiger charge is -2.05. The molecule has 3 aromatic rings. The second-order valence-corrected chi connectivity index (χ2v) is 4.55. The van der Waals surface area contributed by atoms with Gasteiger partial charge in [-0.3, -0.25) is 4.98 Å². The number of pyridine rings is 1. The van der Waals surface area contributed by atoms with Crippen LogP contribution in [0.1, 0.15) is 11.3 Å². The maximum Gasteiger partial charge on any atom is 0.416 e. The minimum absolute atomic E-state index is 0.0763. The molecule has 0 saturated carbocycles. The number of rotatable bonds is 2. The van der Waals surface area contributed by atoms with Crippen LogP contribution in [0.3, 0.4) is 0 Å². The number of nitrogens with one attached hydrogen (secondary N) is 1. The van der Waals surface area contributed by atoms with Gasteiger partial charge in [0, 0.05) is 5.69 Å². The topological polar surface area (TPSA) is 51.0 Å². The molecule has 108 valence electrons. The lowest BCUT2D eigenvalue weighted by molar-refractivity contribution is -0.137.